The number of benzene rings is 1. The molecule has 0 bridgehead atoms. The fraction of sp³-hybridized carbons (Fsp3) is 0.348. The van der Waals surface area contributed by atoms with Gasteiger partial charge >= 0.3 is 5.97 Å². The molecule has 1 saturated carbocycles. The molecule has 1 atom stereocenters. The van der Waals surface area contributed by atoms with Crippen LogP contribution in [0.2, 0.25) is 0 Å². The van der Waals surface area contributed by atoms with Gasteiger partial charge in [0, 0.05) is 29.8 Å². The van der Waals surface area contributed by atoms with Gasteiger partial charge in [0.05, 0.1) is 18.2 Å². The van der Waals surface area contributed by atoms with E-state index >= 15 is 0 Å². The van der Waals surface area contributed by atoms with E-state index in [2.05, 4.69) is 9.97 Å². The largest absolute Gasteiger partial charge is 0.477 e. The first kappa shape index (κ1) is 20.1. The first-order valence-electron chi connectivity index (χ1n) is 10.1. The molecule has 7 heteroatoms. The summed E-state index contributed by atoms with van der Waals surface area (Å²) in [5.74, 6) is 1.33. The Labute approximate surface area is 174 Å². The van der Waals surface area contributed by atoms with Gasteiger partial charge < -0.3 is 19.0 Å². The van der Waals surface area contributed by atoms with Crippen LogP contribution in [0.15, 0.2) is 53.1 Å². The highest BCUT2D eigenvalue weighted by Gasteiger charge is 2.28. The van der Waals surface area contributed by atoms with Gasteiger partial charge in [-0.25, -0.2) is 9.97 Å². The third-order valence-electron chi connectivity index (χ3n) is 5.21. The van der Waals surface area contributed by atoms with Crippen LogP contribution < -0.4 is 4.74 Å². The number of aliphatic hydroxyl groups is 1. The summed E-state index contributed by atoms with van der Waals surface area (Å²) in [6, 6.07) is 13.0. The van der Waals surface area contributed by atoms with Gasteiger partial charge in [-0.05, 0) is 38.0 Å². The molecular weight excluding hydrogens is 384 g/mol. The predicted octanol–water partition coefficient (Wildman–Crippen LogP) is 4.00. The Bertz CT molecular complexity index is 981. The predicted molar refractivity (Wildman–Crippen MR) is 109 cm³/mol. The molecule has 7 nitrogen and oxygen atoms in total. The molecular formula is C23H24N2O5. The molecule has 1 aliphatic rings. The van der Waals surface area contributed by atoms with E-state index < -0.39 is 6.29 Å². The van der Waals surface area contributed by atoms with Crippen molar-refractivity contribution in [1.82, 2.24) is 9.97 Å². The van der Waals surface area contributed by atoms with E-state index in [1.54, 1.807) is 12.1 Å². The Morgan fingerprint density at radius 1 is 1.23 bits per heavy atom. The van der Waals surface area contributed by atoms with Crippen molar-refractivity contribution in [2.75, 3.05) is 6.61 Å². The van der Waals surface area contributed by atoms with Crippen molar-refractivity contribution >= 4 is 5.97 Å². The van der Waals surface area contributed by atoms with Crippen molar-refractivity contribution in [3.63, 3.8) is 0 Å². The number of hydrogen-bond donors (Lipinski definition) is 1. The van der Waals surface area contributed by atoms with E-state index in [1.165, 1.54) is 6.20 Å². The zero-order valence-corrected chi connectivity index (χ0v) is 16.8. The summed E-state index contributed by atoms with van der Waals surface area (Å²) >= 11 is 0. The lowest BCUT2D eigenvalue weighted by molar-refractivity contribution is -0.177. The minimum absolute atomic E-state index is 0.0855. The van der Waals surface area contributed by atoms with Crippen molar-refractivity contribution in [3.05, 3.63) is 65.7 Å². The number of rotatable bonds is 8. The number of carbonyl (C=O) groups is 1. The number of aryl methyl sites for hydroxylation is 1. The third-order valence-corrected chi connectivity index (χ3v) is 5.21. The molecule has 0 aliphatic heterocycles. The van der Waals surface area contributed by atoms with Gasteiger partial charge in [-0.3, -0.25) is 4.79 Å². The van der Waals surface area contributed by atoms with Crippen molar-refractivity contribution < 1.29 is 23.8 Å². The van der Waals surface area contributed by atoms with Gasteiger partial charge in [0.15, 0.2) is 0 Å². The number of aliphatic hydroxyl groups excluding tert-OH is 1. The normalized spacial score (nSPS) is 14.7. The van der Waals surface area contributed by atoms with E-state index in [0.717, 1.165) is 36.3 Å². The summed E-state index contributed by atoms with van der Waals surface area (Å²) in [6.45, 7) is 2.27. The summed E-state index contributed by atoms with van der Waals surface area (Å²) in [5.41, 5.74) is 2.18. The molecule has 30 heavy (non-hydrogen) atoms. The molecule has 0 saturated heterocycles. The number of esters is 1. The standard InChI is InChI=1S/C23H24N2O5/c1-15-19(25-21(29-15)16-6-3-2-4-7-16)12-13-28-20-11-10-18(14-24-20)23(27)30-22(26)17-8-5-9-17/h2-4,6-7,10-11,14,17,23,27H,5,8-9,12-13H2,1H3. The molecule has 1 aromatic carbocycles. The third kappa shape index (κ3) is 4.68. The average Bonchev–Trinajstić information content (AvgIpc) is 3.08. The maximum atomic E-state index is 11.8. The molecule has 1 N–H and O–H groups in total. The number of pyridine rings is 1. The van der Waals surface area contributed by atoms with Crippen LogP contribution in [-0.4, -0.2) is 27.7 Å². The van der Waals surface area contributed by atoms with Crippen LogP contribution in [0.4, 0.5) is 0 Å². The van der Waals surface area contributed by atoms with Gasteiger partial charge in [-0.1, -0.05) is 24.6 Å². The number of aromatic nitrogens is 2. The van der Waals surface area contributed by atoms with E-state index in [1.807, 2.05) is 37.3 Å². The highest BCUT2D eigenvalue weighted by atomic mass is 16.6. The minimum atomic E-state index is -1.31. The minimum Gasteiger partial charge on any atom is -0.477 e. The van der Waals surface area contributed by atoms with Crippen LogP contribution in [-0.2, 0) is 16.0 Å². The lowest BCUT2D eigenvalue weighted by Gasteiger charge is -2.24. The first-order chi connectivity index (χ1) is 14.6. The quantitative estimate of drug-likeness (QED) is 0.445. The molecule has 2 aromatic heterocycles. The Morgan fingerprint density at radius 2 is 2.03 bits per heavy atom. The van der Waals surface area contributed by atoms with Crippen molar-refractivity contribution in [2.45, 2.75) is 38.9 Å². The summed E-state index contributed by atoms with van der Waals surface area (Å²) < 4.78 is 16.5. The van der Waals surface area contributed by atoms with Gasteiger partial charge in [0.25, 0.3) is 0 Å². The van der Waals surface area contributed by atoms with Gasteiger partial charge in [-0.2, -0.15) is 0 Å². The zero-order valence-electron chi connectivity index (χ0n) is 16.8. The van der Waals surface area contributed by atoms with Crippen LogP contribution in [0, 0.1) is 12.8 Å². The fourth-order valence-corrected chi connectivity index (χ4v) is 3.16. The molecule has 0 radical (unpaired) electrons. The highest BCUT2D eigenvalue weighted by molar-refractivity contribution is 5.73. The second-order valence-electron chi connectivity index (χ2n) is 7.33. The van der Waals surface area contributed by atoms with Crippen molar-refractivity contribution in [1.29, 1.82) is 0 Å². The summed E-state index contributed by atoms with van der Waals surface area (Å²) in [4.78, 5) is 20.6. The Kier molecular flexibility index (Phi) is 6.09. The molecule has 4 rings (SSSR count). The SMILES string of the molecule is Cc1oc(-c2ccccc2)nc1CCOc1ccc(C(O)OC(=O)C2CCC2)cn1. The molecule has 0 spiro atoms. The highest BCUT2D eigenvalue weighted by Crippen LogP contribution is 2.29. The van der Waals surface area contributed by atoms with E-state index in [0.29, 0.717) is 30.4 Å². The number of oxazole rings is 1. The molecule has 3 aromatic rings. The monoisotopic (exact) mass is 408 g/mol. The second kappa shape index (κ2) is 9.09. The average molecular weight is 408 g/mol. The lowest BCUT2D eigenvalue weighted by Crippen LogP contribution is -2.25. The maximum absolute atomic E-state index is 11.8. The smallest absolute Gasteiger partial charge is 0.311 e. The maximum Gasteiger partial charge on any atom is 0.311 e. The molecule has 2 heterocycles. The van der Waals surface area contributed by atoms with E-state index in [9.17, 15) is 9.90 Å². The summed E-state index contributed by atoms with van der Waals surface area (Å²) in [6.07, 6.45) is 3.40. The second-order valence-corrected chi connectivity index (χ2v) is 7.33. The number of hydrogen-bond acceptors (Lipinski definition) is 7. The zero-order chi connectivity index (χ0) is 20.9. The fourth-order valence-electron chi connectivity index (χ4n) is 3.16. The van der Waals surface area contributed by atoms with Gasteiger partial charge in [0.2, 0.25) is 18.1 Å². The molecule has 1 fully saturated rings. The number of carbonyl (C=O) groups excluding carboxylic acids is 1. The molecule has 1 unspecified atom stereocenters. The van der Waals surface area contributed by atoms with E-state index in [4.69, 9.17) is 13.9 Å². The lowest BCUT2D eigenvalue weighted by atomic mass is 9.86. The van der Waals surface area contributed by atoms with Crippen LogP contribution in [0.5, 0.6) is 5.88 Å². The van der Waals surface area contributed by atoms with Crippen molar-refractivity contribution in [2.24, 2.45) is 5.92 Å². The summed E-state index contributed by atoms with van der Waals surface area (Å²) in [7, 11) is 0. The van der Waals surface area contributed by atoms with Gasteiger partial charge in [-0.15, -0.1) is 0 Å². The van der Waals surface area contributed by atoms with Crippen LogP contribution in [0.25, 0.3) is 11.5 Å². The Hall–Kier alpha value is -3.19. The first-order valence-corrected chi connectivity index (χ1v) is 10.1. The number of ether oxygens (including phenoxy) is 2. The number of nitrogens with zero attached hydrogens (tertiary/aromatic N) is 2. The van der Waals surface area contributed by atoms with E-state index in [-0.39, 0.29) is 11.9 Å². The molecule has 156 valence electrons. The topological polar surface area (TPSA) is 94.7 Å². The van der Waals surface area contributed by atoms with Crippen molar-refractivity contribution in [3.8, 4) is 17.3 Å². The molecule has 1 aliphatic carbocycles. The van der Waals surface area contributed by atoms with Crippen LogP contribution in [0.1, 0.15) is 42.6 Å². The Balaban J connectivity index is 1.28. The van der Waals surface area contributed by atoms with Crippen LogP contribution >= 0.6 is 0 Å². The summed E-state index contributed by atoms with van der Waals surface area (Å²) in [5, 5.41) is 10.1. The van der Waals surface area contributed by atoms with Crippen LogP contribution in [0.3, 0.4) is 0 Å². The Morgan fingerprint density at radius 3 is 2.70 bits per heavy atom. The van der Waals surface area contributed by atoms with Gasteiger partial charge in [0.1, 0.15) is 5.76 Å². The molecule has 0 amide bonds.